The maximum Gasteiger partial charge on any atom is 0.252 e. The summed E-state index contributed by atoms with van der Waals surface area (Å²) in [5.41, 5.74) is 6.00. The average Bonchev–Trinajstić information content (AvgIpc) is 2.92. The number of rotatable bonds is 7. The molecule has 0 spiro atoms. The topological polar surface area (TPSA) is 58.4 Å². The summed E-state index contributed by atoms with van der Waals surface area (Å²) >= 11 is 1.47. The van der Waals surface area contributed by atoms with Gasteiger partial charge in [-0.3, -0.25) is 4.79 Å². The Balaban J connectivity index is 2.41. The lowest BCUT2D eigenvalue weighted by Gasteiger charge is -2.19. The highest BCUT2D eigenvalue weighted by Crippen LogP contribution is 2.13. The van der Waals surface area contributed by atoms with Crippen molar-refractivity contribution in [3.05, 3.63) is 21.9 Å². The summed E-state index contributed by atoms with van der Waals surface area (Å²) in [5.74, 6) is 5.69. The van der Waals surface area contributed by atoms with Gasteiger partial charge in [-0.2, -0.15) is 0 Å². The Bertz CT molecular complexity index is 473. The van der Waals surface area contributed by atoms with Crippen LogP contribution in [-0.4, -0.2) is 43.5 Å². The normalized spacial score (nSPS) is 10.2. The molecule has 110 valence electrons. The molecule has 0 saturated carbocycles. The van der Waals surface area contributed by atoms with E-state index in [2.05, 4.69) is 35.9 Å². The molecule has 0 radical (unpaired) electrons. The molecule has 0 saturated heterocycles. The summed E-state index contributed by atoms with van der Waals surface area (Å²) in [5, 5.41) is 4.78. The molecule has 0 unspecified atom stereocenters. The minimum atomic E-state index is -0.0328. The third-order valence-electron chi connectivity index (χ3n) is 2.88. The molecule has 1 rings (SSSR count). The second-order valence-electron chi connectivity index (χ2n) is 4.40. The number of nitrogens with zero attached hydrogens (tertiary/aromatic N) is 1. The van der Waals surface area contributed by atoms with E-state index in [1.165, 1.54) is 11.3 Å². The van der Waals surface area contributed by atoms with Crippen molar-refractivity contribution in [3.8, 4) is 11.8 Å². The van der Waals surface area contributed by atoms with Crippen molar-refractivity contribution < 1.29 is 4.79 Å². The highest BCUT2D eigenvalue weighted by molar-refractivity contribution is 7.10. The minimum absolute atomic E-state index is 0.0328. The van der Waals surface area contributed by atoms with Crippen molar-refractivity contribution in [2.75, 3.05) is 32.7 Å². The van der Waals surface area contributed by atoms with Crippen LogP contribution in [-0.2, 0) is 0 Å². The van der Waals surface area contributed by atoms with Gasteiger partial charge in [0.1, 0.15) is 0 Å². The summed E-state index contributed by atoms with van der Waals surface area (Å²) in [6.07, 6.45) is 1.13. The van der Waals surface area contributed by atoms with E-state index in [1.807, 2.05) is 11.4 Å². The number of carbonyl (C=O) groups is 1. The second kappa shape index (κ2) is 9.54. The number of carbonyl (C=O) groups excluding carboxylic acids is 1. The fourth-order valence-corrected chi connectivity index (χ4v) is 2.59. The lowest BCUT2D eigenvalue weighted by molar-refractivity contribution is 0.0949. The van der Waals surface area contributed by atoms with Crippen LogP contribution in [0.1, 0.15) is 35.5 Å². The molecule has 20 heavy (non-hydrogen) atoms. The number of thiophene rings is 1. The molecule has 5 heteroatoms. The zero-order valence-corrected chi connectivity index (χ0v) is 13.1. The van der Waals surface area contributed by atoms with Gasteiger partial charge in [0, 0.05) is 18.5 Å². The molecule has 0 aromatic carbocycles. The number of amides is 1. The standard InChI is InChI=1S/C15H23N3OS/c1-3-9-18(4-2)10-8-17-15(19)13-11-14(20-12-13)6-5-7-16/h11-12H,3-4,7-10,16H2,1-2H3,(H,17,19). The van der Waals surface area contributed by atoms with E-state index in [0.29, 0.717) is 18.7 Å². The Hall–Kier alpha value is -1.35. The van der Waals surface area contributed by atoms with Crippen molar-refractivity contribution in [2.24, 2.45) is 5.73 Å². The van der Waals surface area contributed by atoms with Crippen LogP contribution in [0.25, 0.3) is 0 Å². The van der Waals surface area contributed by atoms with Crippen LogP contribution in [0.2, 0.25) is 0 Å². The fourth-order valence-electron chi connectivity index (χ4n) is 1.83. The van der Waals surface area contributed by atoms with Crippen LogP contribution in [0, 0.1) is 11.8 Å². The predicted molar refractivity (Wildman–Crippen MR) is 85.0 cm³/mol. The first kappa shape index (κ1) is 16.7. The van der Waals surface area contributed by atoms with Gasteiger partial charge < -0.3 is 16.0 Å². The number of nitrogens with one attached hydrogen (secondary N) is 1. The summed E-state index contributed by atoms with van der Waals surface area (Å²) in [7, 11) is 0. The molecule has 1 aromatic rings. The fraction of sp³-hybridized carbons (Fsp3) is 0.533. The van der Waals surface area contributed by atoms with E-state index in [0.717, 1.165) is 30.9 Å². The molecular weight excluding hydrogens is 270 g/mol. The molecule has 0 aliphatic carbocycles. The largest absolute Gasteiger partial charge is 0.351 e. The Morgan fingerprint density at radius 1 is 1.45 bits per heavy atom. The highest BCUT2D eigenvalue weighted by Gasteiger charge is 2.08. The van der Waals surface area contributed by atoms with E-state index < -0.39 is 0 Å². The zero-order valence-electron chi connectivity index (χ0n) is 12.2. The molecule has 1 amide bonds. The first-order chi connectivity index (χ1) is 9.71. The quantitative estimate of drug-likeness (QED) is 0.749. The maximum atomic E-state index is 12.0. The monoisotopic (exact) mass is 293 g/mol. The molecule has 0 bridgehead atoms. The van der Waals surface area contributed by atoms with Gasteiger partial charge in [0.25, 0.3) is 5.91 Å². The molecule has 1 heterocycles. The van der Waals surface area contributed by atoms with E-state index in [1.54, 1.807) is 0 Å². The van der Waals surface area contributed by atoms with Crippen LogP contribution in [0.5, 0.6) is 0 Å². The van der Waals surface area contributed by atoms with Gasteiger partial charge in [0.2, 0.25) is 0 Å². The Morgan fingerprint density at radius 3 is 2.90 bits per heavy atom. The SMILES string of the molecule is CCCN(CC)CCNC(=O)c1csc(C#CCN)c1. The van der Waals surface area contributed by atoms with Gasteiger partial charge in [-0.1, -0.05) is 25.7 Å². The van der Waals surface area contributed by atoms with Gasteiger partial charge in [-0.25, -0.2) is 0 Å². The van der Waals surface area contributed by atoms with Crippen LogP contribution in [0.4, 0.5) is 0 Å². The lowest BCUT2D eigenvalue weighted by atomic mass is 10.3. The third-order valence-corrected chi connectivity index (χ3v) is 3.72. The molecule has 0 fully saturated rings. The second-order valence-corrected chi connectivity index (χ2v) is 5.31. The van der Waals surface area contributed by atoms with Crippen molar-refractivity contribution in [1.82, 2.24) is 10.2 Å². The number of nitrogens with two attached hydrogens (primary N) is 1. The summed E-state index contributed by atoms with van der Waals surface area (Å²) < 4.78 is 0. The van der Waals surface area contributed by atoms with Crippen molar-refractivity contribution in [2.45, 2.75) is 20.3 Å². The zero-order chi connectivity index (χ0) is 14.8. The van der Waals surface area contributed by atoms with Crippen LogP contribution < -0.4 is 11.1 Å². The van der Waals surface area contributed by atoms with E-state index in [4.69, 9.17) is 5.73 Å². The average molecular weight is 293 g/mol. The maximum absolute atomic E-state index is 12.0. The molecule has 0 aliphatic heterocycles. The minimum Gasteiger partial charge on any atom is -0.351 e. The summed E-state index contributed by atoms with van der Waals surface area (Å²) in [4.78, 5) is 15.2. The third kappa shape index (κ3) is 5.74. The van der Waals surface area contributed by atoms with E-state index in [9.17, 15) is 4.79 Å². The number of hydrogen-bond donors (Lipinski definition) is 2. The van der Waals surface area contributed by atoms with Gasteiger partial charge >= 0.3 is 0 Å². The van der Waals surface area contributed by atoms with Crippen LogP contribution in [0.15, 0.2) is 11.4 Å². The lowest BCUT2D eigenvalue weighted by Crippen LogP contribution is -2.35. The predicted octanol–water partition coefficient (Wildman–Crippen LogP) is 1.52. The highest BCUT2D eigenvalue weighted by atomic mass is 32.1. The number of hydrogen-bond acceptors (Lipinski definition) is 4. The molecule has 0 aliphatic rings. The van der Waals surface area contributed by atoms with E-state index in [-0.39, 0.29) is 5.91 Å². The van der Waals surface area contributed by atoms with E-state index >= 15 is 0 Å². The summed E-state index contributed by atoms with van der Waals surface area (Å²) in [6.45, 7) is 8.29. The molecule has 4 nitrogen and oxygen atoms in total. The summed E-state index contributed by atoms with van der Waals surface area (Å²) in [6, 6.07) is 1.81. The van der Waals surface area contributed by atoms with Crippen LogP contribution >= 0.6 is 11.3 Å². The Kier molecular flexibility index (Phi) is 7.97. The Labute approximate surface area is 125 Å². The first-order valence-electron chi connectivity index (χ1n) is 6.99. The van der Waals surface area contributed by atoms with Crippen molar-refractivity contribution in [1.29, 1.82) is 0 Å². The molecule has 0 atom stereocenters. The van der Waals surface area contributed by atoms with Crippen molar-refractivity contribution in [3.63, 3.8) is 0 Å². The van der Waals surface area contributed by atoms with Gasteiger partial charge in [0.05, 0.1) is 17.0 Å². The van der Waals surface area contributed by atoms with Gasteiger partial charge in [0.15, 0.2) is 0 Å². The van der Waals surface area contributed by atoms with Crippen LogP contribution in [0.3, 0.4) is 0 Å². The number of likely N-dealkylation sites (N-methyl/N-ethyl adjacent to an activating group) is 1. The smallest absolute Gasteiger partial charge is 0.252 e. The van der Waals surface area contributed by atoms with Gasteiger partial charge in [-0.05, 0) is 25.6 Å². The molecule has 3 N–H and O–H groups in total. The molecular formula is C15H23N3OS. The first-order valence-corrected chi connectivity index (χ1v) is 7.87. The molecule has 1 aromatic heterocycles. The Morgan fingerprint density at radius 2 is 2.25 bits per heavy atom. The van der Waals surface area contributed by atoms with Crippen molar-refractivity contribution >= 4 is 17.2 Å². The van der Waals surface area contributed by atoms with Gasteiger partial charge in [-0.15, -0.1) is 11.3 Å².